The number of nitrogens with two attached hydrogens (primary N) is 1. The molecule has 16 heavy (non-hydrogen) atoms. The number of hydrogen-bond donors (Lipinski definition) is 1. The van der Waals surface area contributed by atoms with Gasteiger partial charge in [0.15, 0.2) is 0 Å². The lowest BCUT2D eigenvalue weighted by molar-refractivity contribution is 0.141. The quantitative estimate of drug-likeness (QED) is 0.789. The third kappa shape index (κ3) is 2.54. The number of hydrogen-bond acceptors (Lipinski definition) is 3. The van der Waals surface area contributed by atoms with Crippen LogP contribution in [0, 0.1) is 0 Å². The average Bonchev–Trinajstić information content (AvgIpc) is 2.74. The molecule has 1 aromatic rings. The zero-order valence-corrected chi connectivity index (χ0v) is 9.86. The topological polar surface area (TPSA) is 38.5 Å². The van der Waals surface area contributed by atoms with E-state index in [2.05, 4.69) is 17.0 Å². The van der Waals surface area contributed by atoms with Gasteiger partial charge in [0.25, 0.3) is 0 Å². The fourth-order valence-corrected chi connectivity index (χ4v) is 2.45. The van der Waals surface area contributed by atoms with Crippen LogP contribution in [-0.2, 0) is 4.74 Å². The Bertz CT molecular complexity index is 340. The van der Waals surface area contributed by atoms with Crippen molar-refractivity contribution in [2.45, 2.75) is 18.9 Å². The number of methoxy groups -OCH3 is 1. The molecule has 88 valence electrons. The number of benzene rings is 1. The van der Waals surface area contributed by atoms with Crippen LogP contribution in [-0.4, -0.2) is 31.7 Å². The molecule has 0 bridgehead atoms. The number of anilines is 1. The van der Waals surface area contributed by atoms with Crippen molar-refractivity contribution in [1.82, 2.24) is 4.90 Å². The molecule has 0 spiro atoms. The smallest absolute Gasteiger partial charge is 0.0589 e. The Morgan fingerprint density at radius 1 is 1.50 bits per heavy atom. The lowest BCUT2D eigenvalue weighted by Gasteiger charge is -2.24. The predicted octanol–water partition coefficient (Wildman–Crippen LogP) is 2.05. The summed E-state index contributed by atoms with van der Waals surface area (Å²) in [7, 11) is 1.76. The zero-order chi connectivity index (χ0) is 11.4. The molecule has 1 saturated heterocycles. The van der Waals surface area contributed by atoms with E-state index in [1.165, 1.54) is 24.9 Å². The van der Waals surface area contributed by atoms with E-state index in [1.54, 1.807) is 7.11 Å². The van der Waals surface area contributed by atoms with Crippen molar-refractivity contribution in [3.8, 4) is 0 Å². The van der Waals surface area contributed by atoms with E-state index >= 15 is 0 Å². The molecule has 0 aromatic heterocycles. The monoisotopic (exact) mass is 220 g/mol. The van der Waals surface area contributed by atoms with Crippen LogP contribution in [0.1, 0.15) is 24.4 Å². The Morgan fingerprint density at radius 2 is 2.38 bits per heavy atom. The summed E-state index contributed by atoms with van der Waals surface area (Å²) in [6, 6.07) is 8.77. The van der Waals surface area contributed by atoms with Crippen molar-refractivity contribution in [3.63, 3.8) is 0 Å². The zero-order valence-electron chi connectivity index (χ0n) is 9.86. The molecule has 1 fully saturated rings. The minimum atomic E-state index is 0.527. The lowest BCUT2D eigenvalue weighted by Crippen LogP contribution is -2.27. The van der Waals surface area contributed by atoms with Crippen molar-refractivity contribution < 1.29 is 4.74 Å². The maximum Gasteiger partial charge on any atom is 0.0589 e. The molecule has 0 radical (unpaired) electrons. The number of nitrogens with zero attached hydrogens (tertiary/aromatic N) is 1. The lowest BCUT2D eigenvalue weighted by atomic mass is 10.0. The van der Waals surface area contributed by atoms with Gasteiger partial charge in [-0.15, -0.1) is 0 Å². The van der Waals surface area contributed by atoms with Gasteiger partial charge in [0.2, 0.25) is 0 Å². The van der Waals surface area contributed by atoms with Crippen molar-refractivity contribution in [1.29, 1.82) is 0 Å². The Hall–Kier alpha value is -1.06. The van der Waals surface area contributed by atoms with Gasteiger partial charge in [-0.1, -0.05) is 12.1 Å². The fraction of sp³-hybridized carbons (Fsp3) is 0.538. The Morgan fingerprint density at radius 3 is 3.12 bits per heavy atom. The van der Waals surface area contributed by atoms with Crippen LogP contribution in [0.5, 0.6) is 0 Å². The molecule has 0 saturated carbocycles. The van der Waals surface area contributed by atoms with Crippen LogP contribution < -0.4 is 5.73 Å². The van der Waals surface area contributed by atoms with Crippen molar-refractivity contribution in [2.75, 3.05) is 32.5 Å². The van der Waals surface area contributed by atoms with E-state index in [-0.39, 0.29) is 0 Å². The summed E-state index contributed by atoms with van der Waals surface area (Å²) >= 11 is 0. The van der Waals surface area contributed by atoms with E-state index in [0.29, 0.717) is 6.04 Å². The second kappa shape index (κ2) is 5.32. The summed E-state index contributed by atoms with van der Waals surface area (Å²) in [5, 5.41) is 0. The summed E-state index contributed by atoms with van der Waals surface area (Å²) < 4.78 is 5.15. The van der Waals surface area contributed by atoms with E-state index in [0.717, 1.165) is 18.8 Å². The average molecular weight is 220 g/mol. The Balaban J connectivity index is 2.07. The van der Waals surface area contributed by atoms with E-state index in [9.17, 15) is 0 Å². The van der Waals surface area contributed by atoms with Crippen molar-refractivity contribution in [3.05, 3.63) is 29.8 Å². The molecule has 2 N–H and O–H groups in total. The Kier molecular flexibility index (Phi) is 3.80. The highest BCUT2D eigenvalue weighted by Gasteiger charge is 2.25. The van der Waals surface area contributed by atoms with Gasteiger partial charge in [-0.05, 0) is 37.1 Å². The van der Waals surface area contributed by atoms with Gasteiger partial charge in [-0.3, -0.25) is 4.90 Å². The SMILES string of the molecule is COCCN1CCCC1c1cccc(N)c1. The van der Waals surface area contributed by atoms with Crippen LogP contribution in [0.15, 0.2) is 24.3 Å². The highest BCUT2D eigenvalue weighted by Crippen LogP contribution is 2.32. The highest BCUT2D eigenvalue weighted by molar-refractivity contribution is 5.41. The van der Waals surface area contributed by atoms with E-state index in [1.807, 2.05) is 12.1 Å². The molecule has 0 aliphatic carbocycles. The van der Waals surface area contributed by atoms with Crippen molar-refractivity contribution >= 4 is 5.69 Å². The standard InChI is InChI=1S/C13H20N2O/c1-16-9-8-15-7-3-6-13(15)11-4-2-5-12(14)10-11/h2,4-5,10,13H,3,6-9,14H2,1H3. The summed E-state index contributed by atoms with van der Waals surface area (Å²) in [5.74, 6) is 0. The molecule has 2 rings (SSSR count). The van der Waals surface area contributed by atoms with Crippen LogP contribution >= 0.6 is 0 Å². The minimum Gasteiger partial charge on any atom is -0.399 e. The fourth-order valence-electron chi connectivity index (χ4n) is 2.45. The number of nitrogen functional groups attached to an aromatic ring is 1. The Labute approximate surface area is 97.2 Å². The molecule has 1 aliphatic heterocycles. The first-order chi connectivity index (χ1) is 7.81. The number of likely N-dealkylation sites (tertiary alicyclic amines) is 1. The first kappa shape index (κ1) is 11.4. The van der Waals surface area contributed by atoms with Gasteiger partial charge >= 0.3 is 0 Å². The normalized spacial score (nSPS) is 21.4. The maximum atomic E-state index is 5.83. The second-order valence-corrected chi connectivity index (χ2v) is 4.36. The highest BCUT2D eigenvalue weighted by atomic mass is 16.5. The molecule has 1 unspecified atom stereocenters. The molecule has 0 amide bonds. The summed E-state index contributed by atoms with van der Waals surface area (Å²) in [6.45, 7) is 2.98. The minimum absolute atomic E-state index is 0.527. The van der Waals surface area contributed by atoms with Gasteiger partial charge in [0.1, 0.15) is 0 Å². The molecule has 3 nitrogen and oxygen atoms in total. The molecule has 1 aromatic carbocycles. The summed E-state index contributed by atoms with van der Waals surface area (Å²) in [4.78, 5) is 2.48. The van der Waals surface area contributed by atoms with Gasteiger partial charge in [-0.2, -0.15) is 0 Å². The van der Waals surface area contributed by atoms with Gasteiger partial charge in [-0.25, -0.2) is 0 Å². The molecule has 3 heteroatoms. The van der Waals surface area contributed by atoms with Gasteiger partial charge in [0, 0.05) is 25.4 Å². The summed E-state index contributed by atoms with van der Waals surface area (Å²) in [5.41, 5.74) is 8.03. The molecule has 1 aliphatic rings. The van der Waals surface area contributed by atoms with Crippen LogP contribution in [0.3, 0.4) is 0 Å². The third-order valence-corrected chi connectivity index (χ3v) is 3.24. The van der Waals surface area contributed by atoms with Crippen molar-refractivity contribution in [2.24, 2.45) is 0 Å². The molecular formula is C13H20N2O. The number of rotatable bonds is 4. The summed E-state index contributed by atoms with van der Waals surface area (Å²) in [6.07, 6.45) is 2.50. The first-order valence-corrected chi connectivity index (χ1v) is 5.89. The van der Waals surface area contributed by atoms with Crippen LogP contribution in [0.2, 0.25) is 0 Å². The largest absolute Gasteiger partial charge is 0.399 e. The second-order valence-electron chi connectivity index (χ2n) is 4.36. The van der Waals surface area contributed by atoms with E-state index < -0.39 is 0 Å². The number of ether oxygens (including phenoxy) is 1. The maximum absolute atomic E-state index is 5.83. The molecule has 1 atom stereocenters. The van der Waals surface area contributed by atoms with Crippen LogP contribution in [0.25, 0.3) is 0 Å². The van der Waals surface area contributed by atoms with E-state index in [4.69, 9.17) is 10.5 Å². The predicted molar refractivity (Wildman–Crippen MR) is 66.3 cm³/mol. The van der Waals surface area contributed by atoms with Gasteiger partial charge in [0.05, 0.1) is 6.61 Å². The molecule has 1 heterocycles. The van der Waals surface area contributed by atoms with Gasteiger partial charge < -0.3 is 10.5 Å². The molecular weight excluding hydrogens is 200 g/mol. The first-order valence-electron chi connectivity index (χ1n) is 5.89. The third-order valence-electron chi connectivity index (χ3n) is 3.24. The van der Waals surface area contributed by atoms with Crippen LogP contribution in [0.4, 0.5) is 5.69 Å².